The van der Waals surface area contributed by atoms with Crippen LogP contribution in [-0.2, 0) is 39.9 Å². The van der Waals surface area contributed by atoms with E-state index < -0.39 is 24.0 Å². The van der Waals surface area contributed by atoms with E-state index in [1.165, 1.54) is 9.36 Å². The number of carboxylic acid groups (broad SMARTS) is 2. The third kappa shape index (κ3) is 14.7. The first kappa shape index (κ1) is 49.9. The van der Waals surface area contributed by atoms with E-state index in [0.29, 0.717) is 121 Å². The number of terminal acetylenes is 1. The van der Waals surface area contributed by atoms with Crippen LogP contribution in [0.2, 0.25) is 0 Å². The van der Waals surface area contributed by atoms with Gasteiger partial charge in [0.05, 0.1) is 62.9 Å². The Kier molecular flexibility index (Phi) is 19.5. The Morgan fingerprint density at radius 2 is 1.28 bits per heavy atom. The summed E-state index contributed by atoms with van der Waals surface area (Å²) in [4.78, 5) is 72.5. The molecule has 5 rings (SSSR count). The summed E-state index contributed by atoms with van der Waals surface area (Å²) in [5.41, 5.74) is 13.1. The van der Waals surface area contributed by atoms with Crippen LogP contribution in [-0.4, -0.2) is 187 Å². The standard InChI is InChI=1S/C40H62N16O9/c1-4-19-63-21-23-65-24-22-64-20-10-43-38-44-39(53-15-11-51(12-16-53)36(61)31(6-8-33(57)58)55-26-29(25-41)47-49-55)46-40(45-38)54-17-13-52(14-18-54)37(62)32(7-9-34(59)60)56-27-30(48-50-56)35(42)28(3)5-2/h1,26-28,31-32,35H,5-25,41-42H2,2-3H3,(H,57,58)(H,59,60)(H,43,44,45,46)/t28-,31+,32+,35+/m1/s1. The van der Waals surface area contributed by atoms with E-state index in [1.807, 2.05) is 23.6 Å². The second-order valence-electron chi connectivity index (χ2n) is 15.6. The predicted molar refractivity (Wildman–Crippen MR) is 233 cm³/mol. The second kappa shape index (κ2) is 25.4. The molecular weight excluding hydrogens is 849 g/mol. The molecule has 2 aliphatic rings. The van der Waals surface area contributed by atoms with Crippen LogP contribution in [0.25, 0.3) is 0 Å². The predicted octanol–water partition coefficient (Wildman–Crippen LogP) is -0.836. The smallest absolute Gasteiger partial charge is 0.303 e. The van der Waals surface area contributed by atoms with Gasteiger partial charge in [-0.05, 0) is 18.8 Å². The first-order valence-corrected chi connectivity index (χ1v) is 21.9. The van der Waals surface area contributed by atoms with Gasteiger partial charge in [0.15, 0.2) is 0 Å². The highest BCUT2D eigenvalue weighted by atomic mass is 16.5. The molecular formula is C40H62N16O9. The Morgan fingerprint density at radius 1 is 0.769 bits per heavy atom. The van der Waals surface area contributed by atoms with Gasteiger partial charge in [0.1, 0.15) is 18.7 Å². The molecule has 0 aromatic carbocycles. The van der Waals surface area contributed by atoms with Gasteiger partial charge in [0.2, 0.25) is 29.7 Å². The lowest BCUT2D eigenvalue weighted by Crippen LogP contribution is -2.52. The fourth-order valence-corrected chi connectivity index (χ4v) is 7.16. The Labute approximate surface area is 377 Å². The summed E-state index contributed by atoms with van der Waals surface area (Å²) >= 11 is 0. The van der Waals surface area contributed by atoms with Crippen LogP contribution in [0.4, 0.5) is 17.8 Å². The number of nitrogens with zero attached hydrogens (tertiary/aromatic N) is 13. The first-order valence-electron chi connectivity index (χ1n) is 21.9. The molecule has 0 saturated carbocycles. The van der Waals surface area contributed by atoms with Gasteiger partial charge in [-0.1, -0.05) is 36.6 Å². The molecule has 0 unspecified atom stereocenters. The minimum atomic E-state index is -1.03. The fraction of sp³-hybridized carbons (Fsp3) is 0.675. The quantitative estimate of drug-likeness (QED) is 0.0460. The van der Waals surface area contributed by atoms with Crippen molar-refractivity contribution in [2.45, 2.75) is 70.6 Å². The van der Waals surface area contributed by atoms with Crippen molar-refractivity contribution in [2.75, 3.05) is 114 Å². The van der Waals surface area contributed by atoms with Gasteiger partial charge in [-0.3, -0.25) is 19.2 Å². The van der Waals surface area contributed by atoms with Crippen molar-refractivity contribution < 1.29 is 43.6 Å². The normalized spacial score (nSPS) is 16.2. The summed E-state index contributed by atoms with van der Waals surface area (Å²) in [6, 6.07) is -2.14. The molecule has 0 aliphatic carbocycles. The van der Waals surface area contributed by atoms with Gasteiger partial charge in [0, 0.05) is 78.3 Å². The molecule has 0 spiro atoms. The van der Waals surface area contributed by atoms with E-state index in [0.717, 1.165) is 6.42 Å². The molecule has 25 nitrogen and oxygen atoms in total. The summed E-state index contributed by atoms with van der Waals surface area (Å²) < 4.78 is 19.2. The number of aliphatic carboxylic acids is 2. The molecule has 0 radical (unpaired) electrons. The third-order valence-corrected chi connectivity index (χ3v) is 11.2. The summed E-state index contributed by atoms with van der Waals surface area (Å²) in [5.74, 6) is 0.967. The Balaban J connectivity index is 1.26. The number of carbonyl (C=O) groups excluding carboxylic acids is 2. The molecule has 7 N–H and O–H groups in total. The van der Waals surface area contributed by atoms with Crippen molar-refractivity contribution in [1.29, 1.82) is 0 Å². The van der Waals surface area contributed by atoms with Crippen molar-refractivity contribution in [3.05, 3.63) is 23.8 Å². The number of hydrogen-bond donors (Lipinski definition) is 5. The SMILES string of the molecule is C#CCOCCOCCOCCNc1nc(N2CCN(C(=O)[C@H](CCC(=O)O)n3cc(CN)nn3)CC2)nc(N2CCN(C(=O)[C@H](CCC(=O)O)n3cc([C@@H](N)[C@H](C)CC)nn3)CC2)n1. The van der Waals surface area contributed by atoms with E-state index in [4.69, 9.17) is 47.1 Å². The number of hydrogen-bond acceptors (Lipinski definition) is 19. The number of ether oxygens (including phenoxy) is 3. The summed E-state index contributed by atoms with van der Waals surface area (Å²) in [6.07, 6.45) is 8.79. The van der Waals surface area contributed by atoms with E-state index in [9.17, 15) is 29.4 Å². The Morgan fingerprint density at radius 3 is 1.77 bits per heavy atom. The molecule has 5 heterocycles. The Hall–Kier alpha value is -6.07. The Bertz CT molecular complexity index is 2030. The highest BCUT2D eigenvalue weighted by Crippen LogP contribution is 2.25. The van der Waals surface area contributed by atoms with Crippen LogP contribution in [0, 0.1) is 18.3 Å². The number of amides is 2. The van der Waals surface area contributed by atoms with Crippen LogP contribution in [0.5, 0.6) is 0 Å². The van der Waals surface area contributed by atoms with Crippen molar-refractivity contribution in [2.24, 2.45) is 17.4 Å². The zero-order valence-electron chi connectivity index (χ0n) is 37.1. The van der Waals surface area contributed by atoms with Gasteiger partial charge in [-0.15, -0.1) is 16.6 Å². The lowest BCUT2D eigenvalue weighted by Gasteiger charge is -2.38. The number of rotatable bonds is 27. The maximum absolute atomic E-state index is 14.0. The number of anilines is 3. The molecule has 25 heteroatoms. The molecule has 0 bridgehead atoms. The molecule has 3 aromatic rings. The fourth-order valence-electron chi connectivity index (χ4n) is 7.16. The third-order valence-electron chi connectivity index (χ3n) is 11.2. The maximum atomic E-state index is 14.0. The topological polar surface area (TPSA) is 314 Å². The number of aromatic nitrogens is 9. The second-order valence-corrected chi connectivity index (χ2v) is 15.6. The number of carbonyl (C=O) groups is 4. The number of carboxylic acids is 2. The summed E-state index contributed by atoms with van der Waals surface area (Å²) in [5, 5.41) is 38.6. The number of nitrogens with two attached hydrogens (primary N) is 2. The van der Waals surface area contributed by atoms with Crippen molar-refractivity contribution in [3.8, 4) is 12.3 Å². The highest BCUT2D eigenvalue weighted by Gasteiger charge is 2.34. The largest absolute Gasteiger partial charge is 0.481 e. The molecule has 4 atom stereocenters. The van der Waals surface area contributed by atoms with Gasteiger partial charge in [0.25, 0.3) is 0 Å². The van der Waals surface area contributed by atoms with Gasteiger partial charge in [-0.2, -0.15) is 15.0 Å². The minimum Gasteiger partial charge on any atom is -0.481 e. The lowest BCUT2D eigenvalue weighted by molar-refractivity contribution is -0.140. The average molecular weight is 911 g/mol. The number of nitrogens with one attached hydrogen (secondary N) is 1. The van der Waals surface area contributed by atoms with Crippen molar-refractivity contribution >= 4 is 41.6 Å². The molecule has 2 fully saturated rings. The van der Waals surface area contributed by atoms with Gasteiger partial charge < -0.3 is 60.8 Å². The molecule has 65 heavy (non-hydrogen) atoms. The zero-order valence-corrected chi connectivity index (χ0v) is 37.1. The highest BCUT2D eigenvalue weighted by molar-refractivity contribution is 5.82. The summed E-state index contributed by atoms with van der Waals surface area (Å²) in [6.45, 7) is 9.29. The van der Waals surface area contributed by atoms with Crippen molar-refractivity contribution in [3.63, 3.8) is 0 Å². The average Bonchev–Trinajstić information content (AvgIpc) is 4.01. The maximum Gasteiger partial charge on any atom is 0.303 e. The van der Waals surface area contributed by atoms with Crippen LogP contribution in [0.1, 0.15) is 75.5 Å². The lowest BCUT2D eigenvalue weighted by atomic mass is 9.98. The van der Waals surface area contributed by atoms with Crippen LogP contribution >= 0.6 is 0 Å². The molecule has 3 aromatic heterocycles. The van der Waals surface area contributed by atoms with Crippen LogP contribution in [0.3, 0.4) is 0 Å². The van der Waals surface area contributed by atoms with E-state index in [1.54, 1.807) is 22.2 Å². The van der Waals surface area contributed by atoms with Crippen LogP contribution < -0.4 is 26.6 Å². The molecule has 2 aliphatic heterocycles. The van der Waals surface area contributed by atoms with E-state index in [2.05, 4.69) is 31.9 Å². The molecule has 356 valence electrons. The molecule has 2 amide bonds. The van der Waals surface area contributed by atoms with Gasteiger partial charge in [-0.25, -0.2) is 9.36 Å². The summed E-state index contributed by atoms with van der Waals surface area (Å²) in [7, 11) is 0. The minimum absolute atomic E-state index is 0.0258. The first-order chi connectivity index (χ1) is 31.4. The van der Waals surface area contributed by atoms with Crippen molar-refractivity contribution in [1.82, 2.24) is 54.7 Å². The van der Waals surface area contributed by atoms with Crippen LogP contribution in [0.15, 0.2) is 12.4 Å². The number of piperazine rings is 2. The molecule has 2 saturated heterocycles. The zero-order chi connectivity index (χ0) is 46.7. The van der Waals surface area contributed by atoms with E-state index in [-0.39, 0.29) is 62.6 Å². The monoisotopic (exact) mass is 910 g/mol. The van der Waals surface area contributed by atoms with E-state index >= 15 is 0 Å². The van der Waals surface area contributed by atoms with Gasteiger partial charge >= 0.3 is 11.9 Å².